The first-order chi connectivity index (χ1) is 11.3. The van der Waals surface area contributed by atoms with Crippen LogP contribution in [0.4, 0.5) is 18.0 Å². The Balaban J connectivity index is 2.09. The number of aliphatic carboxylic acids is 1. The SMILES string of the molecule is O=C(O)C[C@@H]1CCCN(C(=O)OCc2ccccc2)[C@H]1C(F)(F)F. The fourth-order valence-corrected chi connectivity index (χ4v) is 2.96. The minimum atomic E-state index is -4.70. The average Bonchev–Trinajstić information content (AvgIpc) is 2.51. The van der Waals surface area contributed by atoms with Crippen molar-refractivity contribution in [2.75, 3.05) is 6.54 Å². The fraction of sp³-hybridized carbons (Fsp3) is 0.500. The number of carboxylic acid groups (broad SMARTS) is 1. The van der Waals surface area contributed by atoms with Crippen LogP contribution in [0.2, 0.25) is 0 Å². The van der Waals surface area contributed by atoms with Crippen molar-refractivity contribution in [2.45, 2.75) is 38.1 Å². The highest BCUT2D eigenvalue weighted by atomic mass is 19.4. The number of halogens is 3. The molecular formula is C16H18F3NO4. The molecule has 0 aliphatic carbocycles. The number of hydrogen-bond donors (Lipinski definition) is 1. The zero-order chi connectivity index (χ0) is 17.7. The van der Waals surface area contributed by atoms with E-state index in [2.05, 4.69) is 0 Å². The number of benzene rings is 1. The molecule has 1 heterocycles. The van der Waals surface area contributed by atoms with E-state index in [1.165, 1.54) is 0 Å². The summed E-state index contributed by atoms with van der Waals surface area (Å²) in [4.78, 5) is 23.6. The average molecular weight is 345 g/mol. The summed E-state index contributed by atoms with van der Waals surface area (Å²) in [6, 6.07) is 6.48. The molecule has 0 radical (unpaired) electrons. The van der Waals surface area contributed by atoms with Gasteiger partial charge in [0.1, 0.15) is 12.6 Å². The number of carbonyl (C=O) groups is 2. The van der Waals surface area contributed by atoms with Gasteiger partial charge in [0.2, 0.25) is 0 Å². The molecule has 0 bridgehead atoms. The van der Waals surface area contributed by atoms with E-state index in [0.717, 1.165) is 0 Å². The number of carboxylic acids is 1. The molecule has 2 atom stereocenters. The van der Waals surface area contributed by atoms with Crippen LogP contribution in [-0.2, 0) is 16.1 Å². The van der Waals surface area contributed by atoms with E-state index in [9.17, 15) is 22.8 Å². The fourth-order valence-electron chi connectivity index (χ4n) is 2.96. The number of hydrogen-bond acceptors (Lipinski definition) is 3. The highest BCUT2D eigenvalue weighted by Crippen LogP contribution is 2.37. The summed E-state index contributed by atoms with van der Waals surface area (Å²) in [7, 11) is 0. The first-order valence-corrected chi connectivity index (χ1v) is 7.55. The van der Waals surface area contributed by atoms with Gasteiger partial charge in [-0.3, -0.25) is 9.69 Å². The summed E-state index contributed by atoms with van der Waals surface area (Å²) in [5, 5.41) is 8.82. The topological polar surface area (TPSA) is 66.8 Å². The number of amides is 1. The molecule has 1 aromatic carbocycles. The quantitative estimate of drug-likeness (QED) is 0.908. The van der Waals surface area contributed by atoms with E-state index in [1.54, 1.807) is 30.3 Å². The van der Waals surface area contributed by atoms with Gasteiger partial charge in [-0.15, -0.1) is 0 Å². The number of carbonyl (C=O) groups excluding carboxylic acids is 1. The Labute approximate surface area is 137 Å². The molecule has 5 nitrogen and oxygen atoms in total. The number of alkyl halides is 3. The van der Waals surface area contributed by atoms with Crippen LogP contribution >= 0.6 is 0 Å². The Hall–Kier alpha value is -2.25. The van der Waals surface area contributed by atoms with Crippen molar-refractivity contribution in [1.29, 1.82) is 0 Å². The molecule has 0 unspecified atom stereocenters. The van der Waals surface area contributed by atoms with Gasteiger partial charge in [0.15, 0.2) is 0 Å². The summed E-state index contributed by atoms with van der Waals surface area (Å²) in [5.74, 6) is -2.48. The van der Waals surface area contributed by atoms with Gasteiger partial charge in [0.05, 0.1) is 6.42 Å². The van der Waals surface area contributed by atoms with Crippen LogP contribution in [-0.4, -0.2) is 40.8 Å². The van der Waals surface area contributed by atoms with Crippen LogP contribution < -0.4 is 0 Å². The van der Waals surface area contributed by atoms with E-state index >= 15 is 0 Å². The first kappa shape index (κ1) is 18.1. The van der Waals surface area contributed by atoms with Crippen molar-refractivity contribution in [3.8, 4) is 0 Å². The molecule has 1 saturated heterocycles. The van der Waals surface area contributed by atoms with E-state index in [1.807, 2.05) is 0 Å². The highest BCUT2D eigenvalue weighted by Gasteiger charge is 2.52. The van der Waals surface area contributed by atoms with Crippen molar-refractivity contribution >= 4 is 12.1 Å². The second-order valence-electron chi connectivity index (χ2n) is 5.72. The smallest absolute Gasteiger partial charge is 0.410 e. The molecule has 24 heavy (non-hydrogen) atoms. The molecule has 1 aromatic rings. The van der Waals surface area contributed by atoms with Crippen LogP contribution in [0.1, 0.15) is 24.8 Å². The number of piperidine rings is 1. The molecule has 1 aliphatic rings. The second kappa shape index (κ2) is 7.55. The van der Waals surface area contributed by atoms with Crippen molar-refractivity contribution in [3.05, 3.63) is 35.9 Å². The zero-order valence-corrected chi connectivity index (χ0v) is 12.8. The lowest BCUT2D eigenvalue weighted by atomic mass is 9.86. The van der Waals surface area contributed by atoms with Crippen LogP contribution in [0, 0.1) is 5.92 Å². The normalized spacial score (nSPS) is 21.4. The van der Waals surface area contributed by atoms with Gasteiger partial charge in [0, 0.05) is 6.54 Å². The Bertz CT molecular complexity index is 576. The summed E-state index contributed by atoms with van der Waals surface area (Å²) in [5.41, 5.74) is 0.661. The third-order valence-corrected chi connectivity index (χ3v) is 3.97. The molecule has 8 heteroatoms. The maximum atomic E-state index is 13.4. The predicted molar refractivity (Wildman–Crippen MR) is 78.2 cm³/mol. The maximum Gasteiger partial charge on any atom is 0.410 e. The Morgan fingerprint density at radius 3 is 2.50 bits per heavy atom. The van der Waals surface area contributed by atoms with E-state index in [-0.39, 0.29) is 19.6 Å². The van der Waals surface area contributed by atoms with Crippen molar-refractivity contribution in [1.82, 2.24) is 4.90 Å². The summed E-state index contributed by atoms with van der Waals surface area (Å²) < 4.78 is 45.1. The van der Waals surface area contributed by atoms with Crippen LogP contribution in [0.3, 0.4) is 0 Å². The Morgan fingerprint density at radius 1 is 1.25 bits per heavy atom. The van der Waals surface area contributed by atoms with Gasteiger partial charge in [-0.25, -0.2) is 4.79 Å². The Kier molecular flexibility index (Phi) is 5.69. The van der Waals surface area contributed by atoms with Gasteiger partial charge in [0.25, 0.3) is 0 Å². The largest absolute Gasteiger partial charge is 0.481 e. The van der Waals surface area contributed by atoms with Gasteiger partial charge in [-0.1, -0.05) is 30.3 Å². The summed E-state index contributed by atoms with van der Waals surface area (Å²) >= 11 is 0. The zero-order valence-electron chi connectivity index (χ0n) is 12.8. The van der Waals surface area contributed by atoms with Crippen LogP contribution in [0.25, 0.3) is 0 Å². The lowest BCUT2D eigenvalue weighted by Gasteiger charge is -2.40. The van der Waals surface area contributed by atoms with Crippen molar-refractivity contribution in [2.24, 2.45) is 5.92 Å². The first-order valence-electron chi connectivity index (χ1n) is 7.55. The predicted octanol–water partition coefficient (Wildman–Crippen LogP) is 3.44. The van der Waals surface area contributed by atoms with Crippen LogP contribution in [0.15, 0.2) is 30.3 Å². The molecule has 1 fully saturated rings. The molecule has 0 aromatic heterocycles. The number of likely N-dealkylation sites (tertiary alicyclic amines) is 1. The third-order valence-electron chi connectivity index (χ3n) is 3.97. The summed E-state index contributed by atoms with van der Waals surface area (Å²) in [6.45, 7) is -0.238. The molecule has 0 saturated carbocycles. The third kappa shape index (κ3) is 4.62. The molecule has 2 rings (SSSR count). The van der Waals surface area contributed by atoms with Gasteiger partial charge in [-0.05, 0) is 24.3 Å². The van der Waals surface area contributed by atoms with Crippen LogP contribution in [0.5, 0.6) is 0 Å². The van der Waals surface area contributed by atoms with Crippen molar-refractivity contribution < 1.29 is 32.6 Å². The van der Waals surface area contributed by atoms with E-state index < -0.39 is 36.6 Å². The monoisotopic (exact) mass is 345 g/mol. The minimum absolute atomic E-state index is 0.103. The molecule has 0 spiro atoms. The molecular weight excluding hydrogens is 327 g/mol. The number of rotatable bonds is 4. The van der Waals surface area contributed by atoms with Crippen molar-refractivity contribution in [3.63, 3.8) is 0 Å². The lowest BCUT2D eigenvalue weighted by Crippen LogP contribution is -2.56. The van der Waals surface area contributed by atoms with Gasteiger partial charge < -0.3 is 9.84 Å². The lowest BCUT2D eigenvalue weighted by molar-refractivity contribution is -0.201. The number of ether oxygens (including phenoxy) is 1. The van der Waals surface area contributed by atoms with E-state index in [0.29, 0.717) is 16.9 Å². The Morgan fingerprint density at radius 2 is 1.92 bits per heavy atom. The molecule has 1 aliphatic heterocycles. The number of nitrogens with zero attached hydrogens (tertiary/aromatic N) is 1. The molecule has 1 amide bonds. The summed E-state index contributed by atoms with van der Waals surface area (Å²) in [6.07, 6.45) is -5.99. The second-order valence-corrected chi connectivity index (χ2v) is 5.72. The molecule has 1 N–H and O–H groups in total. The molecule has 132 valence electrons. The van der Waals surface area contributed by atoms with Gasteiger partial charge in [-0.2, -0.15) is 13.2 Å². The standard InChI is InChI=1S/C16H18F3NO4/c17-16(18,19)14-12(9-13(21)22)7-4-8-20(14)15(23)24-10-11-5-2-1-3-6-11/h1-3,5-6,12,14H,4,7-10H2,(H,21,22)/t12-,14+/m0/s1. The highest BCUT2D eigenvalue weighted by molar-refractivity contribution is 5.70. The maximum absolute atomic E-state index is 13.4. The van der Waals surface area contributed by atoms with Gasteiger partial charge >= 0.3 is 18.2 Å². The van der Waals surface area contributed by atoms with E-state index in [4.69, 9.17) is 9.84 Å². The minimum Gasteiger partial charge on any atom is -0.481 e.